The molecule has 0 saturated heterocycles. The van der Waals surface area contributed by atoms with E-state index >= 15 is 8.78 Å². The first kappa shape index (κ1) is 26.6. The van der Waals surface area contributed by atoms with Gasteiger partial charge in [-0.25, -0.2) is 8.78 Å². The molecule has 37 heavy (non-hydrogen) atoms. The summed E-state index contributed by atoms with van der Waals surface area (Å²) in [6, 6.07) is 26.6. The van der Waals surface area contributed by atoms with E-state index < -0.39 is 11.6 Å². The summed E-state index contributed by atoms with van der Waals surface area (Å²) in [4.78, 5) is 0. The van der Waals surface area contributed by atoms with Gasteiger partial charge in [-0.1, -0.05) is 119 Å². The van der Waals surface area contributed by atoms with Gasteiger partial charge in [0, 0.05) is 11.1 Å². The van der Waals surface area contributed by atoms with Gasteiger partial charge in [0.1, 0.15) is 5.75 Å². The van der Waals surface area contributed by atoms with E-state index in [1.807, 2.05) is 36.4 Å². The van der Waals surface area contributed by atoms with Crippen LogP contribution in [0.1, 0.15) is 57.9 Å². The first-order valence-electron chi connectivity index (χ1n) is 13.5. The molecule has 4 aromatic carbocycles. The number of hydrogen-bond donors (Lipinski definition) is 0. The zero-order chi connectivity index (χ0) is 26.0. The van der Waals surface area contributed by atoms with Gasteiger partial charge in [-0.2, -0.15) is 0 Å². The smallest absolute Gasteiger partial charge is 0.167 e. The van der Waals surface area contributed by atoms with E-state index in [0.29, 0.717) is 17.7 Å². The molecule has 4 aromatic rings. The Balaban J connectivity index is 1.44. The van der Waals surface area contributed by atoms with E-state index in [-0.39, 0.29) is 11.1 Å². The molecule has 1 nitrogen and oxygen atoms in total. The Morgan fingerprint density at radius 1 is 0.514 bits per heavy atom. The molecule has 0 heterocycles. The highest BCUT2D eigenvalue weighted by atomic mass is 19.2. The fourth-order valence-electron chi connectivity index (χ4n) is 4.62. The lowest BCUT2D eigenvalue weighted by Crippen LogP contribution is -1.97. The lowest BCUT2D eigenvalue weighted by atomic mass is 9.96. The predicted molar refractivity (Wildman–Crippen MR) is 151 cm³/mol. The predicted octanol–water partition coefficient (Wildman–Crippen LogP) is 10.3. The van der Waals surface area contributed by atoms with Gasteiger partial charge in [-0.15, -0.1) is 0 Å². The average Bonchev–Trinajstić information content (AvgIpc) is 2.93. The van der Waals surface area contributed by atoms with E-state index in [9.17, 15) is 0 Å². The highest BCUT2D eigenvalue weighted by Gasteiger charge is 2.16. The highest BCUT2D eigenvalue weighted by Crippen LogP contribution is 2.33. The van der Waals surface area contributed by atoms with Gasteiger partial charge in [0.25, 0.3) is 0 Å². The van der Waals surface area contributed by atoms with E-state index in [1.165, 1.54) is 24.8 Å². The van der Waals surface area contributed by atoms with Crippen LogP contribution in [0.25, 0.3) is 33.4 Å². The van der Waals surface area contributed by atoms with Crippen LogP contribution in [0.15, 0.2) is 84.9 Å². The van der Waals surface area contributed by atoms with Crippen molar-refractivity contribution in [2.24, 2.45) is 0 Å². The molecule has 0 radical (unpaired) electrons. The van der Waals surface area contributed by atoms with Gasteiger partial charge < -0.3 is 4.74 Å². The fraction of sp³-hybridized carbons (Fsp3) is 0.294. The lowest BCUT2D eigenvalue weighted by Gasteiger charge is -2.11. The lowest BCUT2D eigenvalue weighted by molar-refractivity contribution is 0.304. The first-order valence-corrected chi connectivity index (χ1v) is 13.5. The zero-order valence-corrected chi connectivity index (χ0v) is 21.9. The normalized spacial score (nSPS) is 11.0. The molecule has 0 bridgehead atoms. The number of aryl methyl sites for hydroxylation is 1. The molecule has 0 saturated carbocycles. The molecule has 0 aliphatic carbocycles. The minimum Gasteiger partial charge on any atom is -0.494 e. The Morgan fingerprint density at radius 3 is 1.54 bits per heavy atom. The van der Waals surface area contributed by atoms with Crippen LogP contribution in [0, 0.1) is 11.6 Å². The molecule has 0 atom stereocenters. The summed E-state index contributed by atoms with van der Waals surface area (Å²) in [5.74, 6) is -0.920. The van der Waals surface area contributed by atoms with Gasteiger partial charge in [0.2, 0.25) is 0 Å². The molecule has 0 fully saturated rings. The number of rotatable bonds is 12. The van der Waals surface area contributed by atoms with Crippen LogP contribution in [0.4, 0.5) is 8.78 Å². The van der Waals surface area contributed by atoms with Crippen LogP contribution in [-0.2, 0) is 6.42 Å². The zero-order valence-electron chi connectivity index (χ0n) is 21.9. The van der Waals surface area contributed by atoms with Crippen LogP contribution in [0.2, 0.25) is 0 Å². The van der Waals surface area contributed by atoms with Gasteiger partial charge in [-0.3, -0.25) is 0 Å². The van der Waals surface area contributed by atoms with Crippen LogP contribution in [0.5, 0.6) is 5.75 Å². The number of halogens is 2. The van der Waals surface area contributed by atoms with Gasteiger partial charge >= 0.3 is 0 Å². The van der Waals surface area contributed by atoms with Crippen LogP contribution < -0.4 is 4.74 Å². The fourth-order valence-corrected chi connectivity index (χ4v) is 4.62. The summed E-state index contributed by atoms with van der Waals surface area (Å²) in [5.41, 5.74) is 5.26. The van der Waals surface area contributed by atoms with Gasteiger partial charge in [0.15, 0.2) is 11.6 Å². The van der Waals surface area contributed by atoms with Crippen LogP contribution >= 0.6 is 0 Å². The van der Waals surface area contributed by atoms with Crippen molar-refractivity contribution < 1.29 is 13.5 Å². The Morgan fingerprint density at radius 2 is 1.00 bits per heavy atom. The monoisotopic (exact) mass is 498 g/mol. The standard InChI is InChI=1S/C34H36F2O/c1-3-5-6-7-8-24-37-30-20-18-29(19-21-30)32-23-22-31(33(35)34(32)36)28-16-14-27(15-17-28)26-12-10-25(9-4-2)11-13-26/h10-23H,3-9,24H2,1-2H3. The Labute approximate surface area is 220 Å². The van der Waals surface area contributed by atoms with E-state index in [1.54, 1.807) is 24.3 Å². The second-order valence-electron chi connectivity index (χ2n) is 9.60. The molecule has 4 rings (SSSR count). The minimum atomic E-state index is -0.835. The maximum Gasteiger partial charge on any atom is 0.167 e. The van der Waals surface area contributed by atoms with Crippen LogP contribution in [0.3, 0.4) is 0 Å². The molecule has 0 spiro atoms. The van der Waals surface area contributed by atoms with Crippen molar-refractivity contribution in [2.45, 2.75) is 58.8 Å². The van der Waals surface area contributed by atoms with Crippen molar-refractivity contribution in [2.75, 3.05) is 6.61 Å². The second-order valence-corrected chi connectivity index (χ2v) is 9.60. The molecule has 0 aliphatic heterocycles. The second kappa shape index (κ2) is 13.2. The molecular formula is C34H36F2O. The van der Waals surface area contributed by atoms with Gasteiger partial charge in [-0.05, 0) is 52.8 Å². The van der Waals surface area contributed by atoms with Crippen molar-refractivity contribution in [3.63, 3.8) is 0 Å². The van der Waals surface area contributed by atoms with Crippen molar-refractivity contribution in [1.82, 2.24) is 0 Å². The number of ether oxygens (including phenoxy) is 1. The summed E-state index contributed by atoms with van der Waals surface area (Å²) in [6.45, 7) is 5.04. The third kappa shape index (κ3) is 6.85. The highest BCUT2D eigenvalue weighted by molar-refractivity contribution is 5.74. The molecule has 0 unspecified atom stereocenters. The Bertz CT molecular complexity index is 1260. The van der Waals surface area contributed by atoms with Crippen molar-refractivity contribution >= 4 is 0 Å². The molecule has 192 valence electrons. The van der Waals surface area contributed by atoms with Crippen molar-refractivity contribution in [1.29, 1.82) is 0 Å². The molecule has 0 aliphatic rings. The molecule has 0 N–H and O–H groups in total. The Kier molecular flexibility index (Phi) is 9.48. The van der Waals surface area contributed by atoms with Crippen molar-refractivity contribution in [3.8, 4) is 39.1 Å². The number of hydrogen-bond acceptors (Lipinski definition) is 1. The SMILES string of the molecule is CCCCCCCOc1ccc(-c2ccc(-c3ccc(-c4ccc(CCC)cc4)cc3)c(F)c2F)cc1. The average molecular weight is 499 g/mol. The first-order chi connectivity index (χ1) is 18.1. The summed E-state index contributed by atoms with van der Waals surface area (Å²) >= 11 is 0. The van der Waals surface area contributed by atoms with Crippen molar-refractivity contribution in [3.05, 3.63) is 102 Å². The molecule has 0 aromatic heterocycles. The van der Waals surface area contributed by atoms with Crippen LogP contribution in [-0.4, -0.2) is 6.61 Å². The van der Waals surface area contributed by atoms with E-state index in [0.717, 1.165) is 42.6 Å². The Hall–Kier alpha value is -3.46. The quantitative estimate of drug-likeness (QED) is 0.177. The summed E-state index contributed by atoms with van der Waals surface area (Å²) < 4.78 is 36.1. The third-order valence-corrected chi connectivity index (χ3v) is 6.79. The molecule has 0 amide bonds. The molecular weight excluding hydrogens is 462 g/mol. The third-order valence-electron chi connectivity index (χ3n) is 6.79. The molecule has 3 heteroatoms. The minimum absolute atomic E-state index is 0.246. The van der Waals surface area contributed by atoms with E-state index in [4.69, 9.17) is 4.74 Å². The largest absolute Gasteiger partial charge is 0.494 e. The number of benzene rings is 4. The maximum absolute atomic E-state index is 15.1. The summed E-state index contributed by atoms with van der Waals surface area (Å²) in [6.07, 6.45) is 8.09. The summed E-state index contributed by atoms with van der Waals surface area (Å²) in [5, 5.41) is 0. The number of unbranched alkanes of at least 4 members (excludes halogenated alkanes) is 4. The van der Waals surface area contributed by atoms with E-state index in [2.05, 4.69) is 38.1 Å². The van der Waals surface area contributed by atoms with Gasteiger partial charge in [0.05, 0.1) is 6.61 Å². The summed E-state index contributed by atoms with van der Waals surface area (Å²) in [7, 11) is 0. The maximum atomic E-state index is 15.1. The topological polar surface area (TPSA) is 9.23 Å².